The molecular formula is C10H21N3O2. The standard InChI is InChI=1S/C10H21N3O2/c1-2-3-4-5-6-13-10(15)8(11)7-9(12)14/h8H,2-7,11H2,1H3,(H2,12,14)(H,13,15). The van der Waals surface area contributed by atoms with Gasteiger partial charge in [0.15, 0.2) is 0 Å². The molecule has 0 aromatic rings. The smallest absolute Gasteiger partial charge is 0.237 e. The summed E-state index contributed by atoms with van der Waals surface area (Å²) in [5.74, 6) is -0.853. The van der Waals surface area contributed by atoms with Crippen LogP contribution in [0.1, 0.15) is 39.0 Å². The number of carbonyl (C=O) groups is 2. The molecule has 0 heterocycles. The van der Waals surface area contributed by atoms with Crippen molar-refractivity contribution < 1.29 is 9.59 Å². The molecule has 0 fully saturated rings. The average Bonchev–Trinajstić information content (AvgIpc) is 2.16. The van der Waals surface area contributed by atoms with Crippen LogP contribution in [-0.2, 0) is 9.59 Å². The van der Waals surface area contributed by atoms with E-state index in [0.717, 1.165) is 19.3 Å². The number of rotatable bonds is 8. The second kappa shape index (κ2) is 8.23. The fourth-order valence-corrected chi connectivity index (χ4v) is 1.20. The van der Waals surface area contributed by atoms with Gasteiger partial charge in [0, 0.05) is 6.54 Å². The molecule has 15 heavy (non-hydrogen) atoms. The van der Waals surface area contributed by atoms with Gasteiger partial charge in [-0.15, -0.1) is 0 Å². The van der Waals surface area contributed by atoms with Gasteiger partial charge in [0.05, 0.1) is 12.5 Å². The quantitative estimate of drug-likeness (QED) is 0.492. The molecule has 0 rings (SSSR count). The molecule has 5 N–H and O–H groups in total. The normalized spacial score (nSPS) is 12.1. The molecule has 0 saturated carbocycles. The summed E-state index contributed by atoms with van der Waals surface area (Å²) in [4.78, 5) is 21.8. The van der Waals surface area contributed by atoms with Gasteiger partial charge in [-0.2, -0.15) is 0 Å². The minimum atomic E-state index is -0.811. The average molecular weight is 215 g/mol. The van der Waals surface area contributed by atoms with Crippen molar-refractivity contribution in [2.24, 2.45) is 11.5 Å². The number of unbranched alkanes of at least 4 members (excludes halogenated alkanes) is 3. The van der Waals surface area contributed by atoms with Crippen LogP contribution in [0.3, 0.4) is 0 Å². The van der Waals surface area contributed by atoms with Gasteiger partial charge in [0.2, 0.25) is 11.8 Å². The lowest BCUT2D eigenvalue weighted by molar-refractivity contribution is -0.126. The summed E-state index contributed by atoms with van der Waals surface area (Å²) in [6.45, 7) is 2.74. The molecule has 0 saturated heterocycles. The van der Waals surface area contributed by atoms with Crippen molar-refractivity contribution in [2.75, 3.05) is 6.54 Å². The molecule has 0 aromatic heterocycles. The maximum atomic E-state index is 11.3. The second-order valence-corrected chi connectivity index (χ2v) is 3.63. The van der Waals surface area contributed by atoms with E-state index >= 15 is 0 Å². The van der Waals surface area contributed by atoms with Crippen molar-refractivity contribution in [3.8, 4) is 0 Å². The van der Waals surface area contributed by atoms with E-state index in [2.05, 4.69) is 12.2 Å². The van der Waals surface area contributed by atoms with Crippen LogP contribution in [0.25, 0.3) is 0 Å². The topological polar surface area (TPSA) is 98.2 Å². The molecule has 5 heteroatoms. The molecule has 0 aliphatic heterocycles. The number of amides is 2. The van der Waals surface area contributed by atoms with Crippen molar-refractivity contribution in [2.45, 2.75) is 45.1 Å². The number of hydrogen-bond acceptors (Lipinski definition) is 3. The number of carbonyl (C=O) groups excluding carboxylic acids is 2. The molecule has 1 unspecified atom stereocenters. The fourth-order valence-electron chi connectivity index (χ4n) is 1.20. The Morgan fingerprint density at radius 3 is 2.47 bits per heavy atom. The van der Waals surface area contributed by atoms with Crippen molar-refractivity contribution in [3.05, 3.63) is 0 Å². The third kappa shape index (κ3) is 7.93. The zero-order valence-corrected chi connectivity index (χ0v) is 9.29. The van der Waals surface area contributed by atoms with Gasteiger partial charge in [-0.3, -0.25) is 9.59 Å². The highest BCUT2D eigenvalue weighted by atomic mass is 16.2. The lowest BCUT2D eigenvalue weighted by Gasteiger charge is -2.10. The summed E-state index contributed by atoms with van der Waals surface area (Å²) < 4.78 is 0. The van der Waals surface area contributed by atoms with Gasteiger partial charge in [-0.1, -0.05) is 26.2 Å². The third-order valence-corrected chi connectivity index (χ3v) is 2.09. The molecule has 0 spiro atoms. The SMILES string of the molecule is CCCCCCNC(=O)C(N)CC(N)=O. The predicted molar refractivity (Wildman–Crippen MR) is 58.9 cm³/mol. The Hall–Kier alpha value is -1.10. The first-order valence-corrected chi connectivity index (χ1v) is 5.39. The van der Waals surface area contributed by atoms with Crippen molar-refractivity contribution in [3.63, 3.8) is 0 Å². The highest BCUT2D eigenvalue weighted by molar-refractivity contribution is 5.87. The molecule has 0 aliphatic carbocycles. The Labute approximate surface area is 90.6 Å². The molecule has 0 aliphatic rings. The summed E-state index contributed by atoms with van der Waals surface area (Å²) in [5.41, 5.74) is 10.4. The van der Waals surface area contributed by atoms with Crippen molar-refractivity contribution in [1.29, 1.82) is 0 Å². The van der Waals surface area contributed by atoms with Crippen LogP contribution < -0.4 is 16.8 Å². The lowest BCUT2D eigenvalue weighted by atomic mass is 10.2. The molecule has 88 valence electrons. The molecule has 0 aromatic carbocycles. The first-order valence-electron chi connectivity index (χ1n) is 5.39. The van der Waals surface area contributed by atoms with Crippen LogP contribution >= 0.6 is 0 Å². The summed E-state index contributed by atoms with van der Waals surface area (Å²) >= 11 is 0. The van der Waals surface area contributed by atoms with Crippen LogP contribution in [0.5, 0.6) is 0 Å². The number of nitrogens with one attached hydrogen (secondary N) is 1. The number of nitrogens with two attached hydrogens (primary N) is 2. The number of primary amides is 1. The molecule has 2 amide bonds. The van der Waals surface area contributed by atoms with E-state index in [1.807, 2.05) is 0 Å². The summed E-state index contributed by atoms with van der Waals surface area (Å²) in [7, 11) is 0. The largest absolute Gasteiger partial charge is 0.370 e. The minimum absolute atomic E-state index is 0.0964. The predicted octanol–water partition coefficient (Wildman–Crippen LogP) is -0.114. The van der Waals surface area contributed by atoms with Gasteiger partial charge in [-0.05, 0) is 6.42 Å². The van der Waals surface area contributed by atoms with E-state index in [9.17, 15) is 9.59 Å². The summed E-state index contributed by atoms with van der Waals surface area (Å²) in [6.07, 6.45) is 4.28. The van der Waals surface area contributed by atoms with Crippen LogP contribution in [0.15, 0.2) is 0 Å². The monoisotopic (exact) mass is 215 g/mol. The summed E-state index contributed by atoms with van der Waals surface area (Å²) in [6, 6.07) is -0.811. The molecule has 1 atom stereocenters. The highest BCUT2D eigenvalue weighted by Crippen LogP contribution is 1.97. The summed E-state index contributed by atoms with van der Waals surface area (Å²) in [5, 5.41) is 2.67. The maximum Gasteiger partial charge on any atom is 0.237 e. The second-order valence-electron chi connectivity index (χ2n) is 3.63. The van der Waals surface area contributed by atoms with E-state index in [1.165, 1.54) is 6.42 Å². The van der Waals surface area contributed by atoms with Gasteiger partial charge in [-0.25, -0.2) is 0 Å². The Bertz CT molecular complexity index is 207. The minimum Gasteiger partial charge on any atom is -0.370 e. The first-order chi connectivity index (χ1) is 7.07. The van der Waals surface area contributed by atoms with Crippen molar-refractivity contribution >= 4 is 11.8 Å². The van der Waals surface area contributed by atoms with E-state index < -0.39 is 11.9 Å². The third-order valence-electron chi connectivity index (χ3n) is 2.09. The Morgan fingerprint density at radius 1 is 1.27 bits per heavy atom. The van der Waals surface area contributed by atoms with Crippen LogP contribution in [0.2, 0.25) is 0 Å². The zero-order chi connectivity index (χ0) is 11.7. The van der Waals surface area contributed by atoms with Gasteiger partial charge in [0.25, 0.3) is 0 Å². The van der Waals surface area contributed by atoms with Crippen LogP contribution in [0, 0.1) is 0 Å². The molecule has 5 nitrogen and oxygen atoms in total. The van der Waals surface area contributed by atoms with Gasteiger partial charge >= 0.3 is 0 Å². The maximum absolute atomic E-state index is 11.3. The van der Waals surface area contributed by atoms with E-state index in [0.29, 0.717) is 6.54 Å². The van der Waals surface area contributed by atoms with Crippen molar-refractivity contribution in [1.82, 2.24) is 5.32 Å². The Morgan fingerprint density at radius 2 is 1.93 bits per heavy atom. The van der Waals surface area contributed by atoms with E-state index in [-0.39, 0.29) is 12.3 Å². The lowest BCUT2D eigenvalue weighted by Crippen LogP contribution is -2.43. The molecular weight excluding hydrogens is 194 g/mol. The Kier molecular flexibility index (Phi) is 7.62. The Balaban J connectivity index is 3.51. The molecule has 0 radical (unpaired) electrons. The first kappa shape index (κ1) is 13.9. The van der Waals surface area contributed by atoms with Crippen LogP contribution in [0.4, 0.5) is 0 Å². The van der Waals surface area contributed by atoms with E-state index in [1.54, 1.807) is 0 Å². The van der Waals surface area contributed by atoms with E-state index in [4.69, 9.17) is 11.5 Å². The molecule has 0 bridgehead atoms. The zero-order valence-electron chi connectivity index (χ0n) is 9.29. The fraction of sp³-hybridized carbons (Fsp3) is 0.800. The highest BCUT2D eigenvalue weighted by Gasteiger charge is 2.14. The van der Waals surface area contributed by atoms with Gasteiger partial charge < -0.3 is 16.8 Å². The van der Waals surface area contributed by atoms with Crippen LogP contribution in [-0.4, -0.2) is 24.4 Å². The van der Waals surface area contributed by atoms with Gasteiger partial charge in [0.1, 0.15) is 0 Å². The number of hydrogen-bond donors (Lipinski definition) is 3.